The van der Waals surface area contributed by atoms with Gasteiger partial charge in [-0.2, -0.15) is 23.1 Å². The molecule has 6 rings (SSSR count). The van der Waals surface area contributed by atoms with Gasteiger partial charge in [-0.15, -0.1) is 0 Å². The standard InChI is InChI=1S/C32H29F7N4O3S/c1-42-13-5-8-19(42)17-46-31-40-22(12-15-47(44,45)30-25(32(37,38)39)26(33)27(34)28(35)29(30)36)21-11-14-43(16-23(21)41-31)24-10-4-7-18-6-2-3-9-20(18)24/h2-4,6-7,9-10,19H,5,8,11-17H2,1H3/t19-/m1/s1. The smallest absolute Gasteiger partial charge is 0.420 e. The van der Waals surface area contributed by atoms with Gasteiger partial charge in [-0.25, -0.2) is 26.0 Å². The number of halogens is 7. The summed E-state index contributed by atoms with van der Waals surface area (Å²) in [5.74, 6) is -12.1. The number of likely N-dealkylation sites (tertiary alicyclic amines) is 1. The van der Waals surface area contributed by atoms with E-state index in [-0.39, 0.29) is 30.9 Å². The highest BCUT2D eigenvalue weighted by Gasteiger charge is 2.45. The van der Waals surface area contributed by atoms with Crippen LogP contribution in [-0.2, 0) is 35.4 Å². The molecular weight excluding hydrogens is 653 g/mol. The Bertz CT molecular complexity index is 1950. The lowest BCUT2D eigenvalue weighted by Crippen LogP contribution is -2.33. The van der Waals surface area contributed by atoms with Crippen LogP contribution in [0.25, 0.3) is 10.8 Å². The van der Waals surface area contributed by atoms with Crippen molar-refractivity contribution < 1.29 is 43.9 Å². The van der Waals surface area contributed by atoms with Crippen molar-refractivity contribution in [3.8, 4) is 6.01 Å². The largest absolute Gasteiger partial charge is 0.462 e. The average molecular weight is 683 g/mol. The summed E-state index contributed by atoms with van der Waals surface area (Å²) in [6.07, 6.45) is -4.23. The molecule has 47 heavy (non-hydrogen) atoms. The number of ether oxygens (including phenoxy) is 1. The number of alkyl halides is 3. The van der Waals surface area contributed by atoms with Crippen LogP contribution < -0.4 is 9.64 Å². The second-order valence-corrected chi connectivity index (χ2v) is 13.7. The Balaban J connectivity index is 1.36. The zero-order chi connectivity index (χ0) is 33.7. The van der Waals surface area contributed by atoms with Crippen molar-refractivity contribution >= 4 is 26.3 Å². The molecule has 0 bridgehead atoms. The lowest BCUT2D eigenvalue weighted by atomic mass is 10.00. The van der Waals surface area contributed by atoms with Gasteiger partial charge < -0.3 is 14.5 Å². The summed E-state index contributed by atoms with van der Waals surface area (Å²) in [6, 6.07) is 13.7. The van der Waals surface area contributed by atoms with Crippen molar-refractivity contribution in [3.05, 3.63) is 88.2 Å². The van der Waals surface area contributed by atoms with Crippen LogP contribution in [0.2, 0.25) is 0 Å². The highest BCUT2D eigenvalue weighted by Crippen LogP contribution is 2.40. The maximum Gasteiger partial charge on any atom is 0.420 e. The lowest BCUT2D eigenvalue weighted by molar-refractivity contribution is -0.143. The summed E-state index contributed by atoms with van der Waals surface area (Å²) in [4.78, 5) is 10.9. The summed E-state index contributed by atoms with van der Waals surface area (Å²) in [5.41, 5.74) is -0.628. The van der Waals surface area contributed by atoms with Crippen LogP contribution >= 0.6 is 0 Å². The van der Waals surface area contributed by atoms with E-state index in [1.807, 2.05) is 49.5 Å². The number of benzene rings is 3. The van der Waals surface area contributed by atoms with E-state index in [0.29, 0.717) is 24.2 Å². The minimum atomic E-state index is -5.84. The summed E-state index contributed by atoms with van der Waals surface area (Å²) in [5, 5.41) is 2.02. The lowest BCUT2D eigenvalue weighted by Gasteiger charge is -2.32. The van der Waals surface area contributed by atoms with E-state index in [4.69, 9.17) is 4.74 Å². The molecule has 0 aliphatic carbocycles. The van der Waals surface area contributed by atoms with Crippen LogP contribution in [0.3, 0.4) is 0 Å². The first-order valence-electron chi connectivity index (χ1n) is 14.9. The zero-order valence-corrected chi connectivity index (χ0v) is 25.9. The Labute approximate surface area is 265 Å². The molecule has 250 valence electrons. The molecule has 2 aliphatic rings. The van der Waals surface area contributed by atoms with E-state index in [9.17, 15) is 39.2 Å². The van der Waals surface area contributed by atoms with E-state index >= 15 is 0 Å². The number of aromatic nitrogens is 2. The normalized spacial score (nSPS) is 17.4. The molecule has 0 unspecified atom stereocenters. The van der Waals surface area contributed by atoms with Crippen molar-refractivity contribution in [1.82, 2.24) is 14.9 Å². The van der Waals surface area contributed by atoms with E-state index < -0.39 is 61.9 Å². The molecule has 1 atom stereocenters. The van der Waals surface area contributed by atoms with Crippen molar-refractivity contribution in [2.45, 2.75) is 49.3 Å². The van der Waals surface area contributed by atoms with E-state index in [1.165, 1.54) is 0 Å². The quantitative estimate of drug-likeness (QED) is 0.0941. The molecule has 1 saturated heterocycles. The first kappa shape index (κ1) is 32.9. The number of anilines is 1. The summed E-state index contributed by atoms with van der Waals surface area (Å²) in [7, 11) is -3.43. The van der Waals surface area contributed by atoms with E-state index in [2.05, 4.69) is 19.8 Å². The molecule has 1 fully saturated rings. The van der Waals surface area contributed by atoms with Crippen LogP contribution in [-0.4, -0.2) is 61.8 Å². The Kier molecular flexibility index (Phi) is 8.81. The number of likely N-dealkylation sites (N-methyl/N-ethyl adjacent to an activating group) is 1. The predicted molar refractivity (Wildman–Crippen MR) is 159 cm³/mol. The van der Waals surface area contributed by atoms with Gasteiger partial charge >= 0.3 is 12.2 Å². The topological polar surface area (TPSA) is 75.6 Å². The van der Waals surface area contributed by atoms with Gasteiger partial charge in [-0.1, -0.05) is 36.4 Å². The van der Waals surface area contributed by atoms with Gasteiger partial charge in [0.05, 0.1) is 23.7 Å². The molecule has 0 amide bonds. The van der Waals surface area contributed by atoms with Gasteiger partial charge in [0.25, 0.3) is 0 Å². The van der Waals surface area contributed by atoms with Gasteiger partial charge in [0.1, 0.15) is 17.1 Å². The Morgan fingerprint density at radius 3 is 2.38 bits per heavy atom. The van der Waals surface area contributed by atoms with Crippen molar-refractivity contribution in [1.29, 1.82) is 0 Å². The monoisotopic (exact) mass is 682 g/mol. The van der Waals surface area contributed by atoms with Crippen LogP contribution in [0.15, 0.2) is 47.4 Å². The number of aryl methyl sites for hydroxylation is 1. The number of nitrogens with zero attached hydrogens (tertiary/aromatic N) is 4. The summed E-state index contributed by atoms with van der Waals surface area (Å²) in [6.45, 7) is 1.84. The third-order valence-electron chi connectivity index (χ3n) is 8.74. The number of hydrogen-bond donors (Lipinski definition) is 0. The molecule has 2 aliphatic heterocycles. The Hall–Kier alpha value is -3.98. The molecule has 0 saturated carbocycles. The summed E-state index contributed by atoms with van der Waals surface area (Å²) < 4.78 is 130. The average Bonchev–Trinajstić information content (AvgIpc) is 3.46. The first-order chi connectivity index (χ1) is 22.3. The van der Waals surface area contributed by atoms with Gasteiger partial charge in [-0.3, -0.25) is 0 Å². The number of hydrogen-bond acceptors (Lipinski definition) is 7. The number of sulfone groups is 1. The van der Waals surface area contributed by atoms with Gasteiger partial charge in [-0.05, 0) is 49.9 Å². The molecule has 3 aromatic carbocycles. The Morgan fingerprint density at radius 1 is 0.936 bits per heavy atom. The molecule has 15 heteroatoms. The Morgan fingerprint density at radius 2 is 1.66 bits per heavy atom. The fourth-order valence-electron chi connectivity index (χ4n) is 6.29. The second kappa shape index (κ2) is 12.6. The number of fused-ring (bicyclic) bond motifs is 2. The minimum Gasteiger partial charge on any atom is -0.462 e. The molecule has 7 nitrogen and oxygen atoms in total. The van der Waals surface area contributed by atoms with Crippen LogP contribution in [0.5, 0.6) is 6.01 Å². The highest BCUT2D eigenvalue weighted by molar-refractivity contribution is 7.91. The minimum absolute atomic E-state index is 0.0720. The van der Waals surface area contributed by atoms with Crippen LogP contribution in [0.4, 0.5) is 36.4 Å². The van der Waals surface area contributed by atoms with Crippen molar-refractivity contribution in [2.75, 3.05) is 37.4 Å². The summed E-state index contributed by atoms with van der Waals surface area (Å²) >= 11 is 0. The third-order valence-corrected chi connectivity index (χ3v) is 10.5. The maximum atomic E-state index is 14.7. The van der Waals surface area contributed by atoms with Gasteiger partial charge in [0.15, 0.2) is 33.1 Å². The molecule has 3 heterocycles. The highest BCUT2D eigenvalue weighted by atomic mass is 32.2. The van der Waals surface area contributed by atoms with E-state index in [1.54, 1.807) is 0 Å². The van der Waals surface area contributed by atoms with Gasteiger partial charge in [0.2, 0.25) is 0 Å². The third kappa shape index (κ3) is 6.34. The van der Waals surface area contributed by atoms with Crippen molar-refractivity contribution in [3.63, 3.8) is 0 Å². The fraction of sp³-hybridized carbons (Fsp3) is 0.375. The van der Waals surface area contributed by atoms with Crippen molar-refractivity contribution in [2.24, 2.45) is 0 Å². The molecule has 4 aromatic rings. The molecule has 1 aromatic heterocycles. The maximum absolute atomic E-state index is 14.7. The predicted octanol–water partition coefficient (Wildman–Crippen LogP) is 6.26. The SMILES string of the molecule is CN1CCC[C@@H]1COc1nc(CCS(=O)(=O)c2c(F)c(F)c(F)c(F)c2C(F)(F)F)c2c(n1)CN(c1cccc3ccccc13)CC2. The van der Waals surface area contributed by atoms with E-state index in [0.717, 1.165) is 35.8 Å². The number of rotatable bonds is 8. The van der Waals surface area contributed by atoms with Crippen LogP contribution in [0, 0.1) is 23.3 Å². The van der Waals surface area contributed by atoms with Gasteiger partial charge in [0, 0.05) is 30.1 Å². The second-order valence-electron chi connectivity index (χ2n) is 11.7. The zero-order valence-electron chi connectivity index (χ0n) is 25.1. The van der Waals surface area contributed by atoms with Crippen LogP contribution in [0.1, 0.15) is 35.4 Å². The molecule has 0 radical (unpaired) electrons. The fourth-order valence-corrected chi connectivity index (χ4v) is 7.84. The first-order valence-corrected chi connectivity index (χ1v) is 16.5. The molecule has 0 N–H and O–H groups in total. The molecule has 0 spiro atoms. The molecular formula is C32H29F7N4O3S.